The third-order valence-electron chi connectivity index (χ3n) is 2.79. The fourth-order valence-corrected chi connectivity index (χ4v) is 1.63. The Balaban J connectivity index is 1.95. The zero-order valence-electron chi connectivity index (χ0n) is 10.7. The van der Waals surface area contributed by atoms with Crippen LogP contribution in [0.25, 0.3) is 0 Å². The van der Waals surface area contributed by atoms with Crippen molar-refractivity contribution in [1.82, 2.24) is 5.32 Å². The van der Waals surface area contributed by atoms with Gasteiger partial charge in [0.15, 0.2) is 0 Å². The van der Waals surface area contributed by atoms with Crippen LogP contribution < -0.4 is 20.1 Å². The van der Waals surface area contributed by atoms with Crippen LogP contribution in [0.15, 0.2) is 18.2 Å². The third-order valence-corrected chi connectivity index (χ3v) is 2.79. The standard InChI is InChI=1S/C13H18N2O3/c1-17-10-5-6-12(18-2)11(7-10)14-8-13(16)15-9-3-4-9/h5-7,9,14H,3-4,8H2,1-2H3,(H,15,16). The van der Waals surface area contributed by atoms with Crippen molar-refractivity contribution in [2.24, 2.45) is 0 Å². The number of hydrogen-bond acceptors (Lipinski definition) is 4. The Bertz CT molecular complexity index is 430. The average molecular weight is 250 g/mol. The molecule has 5 heteroatoms. The van der Waals surface area contributed by atoms with Crippen LogP contribution in [0.2, 0.25) is 0 Å². The lowest BCUT2D eigenvalue weighted by molar-refractivity contribution is -0.119. The van der Waals surface area contributed by atoms with Gasteiger partial charge in [0.05, 0.1) is 26.5 Å². The highest BCUT2D eigenvalue weighted by atomic mass is 16.5. The molecule has 0 heterocycles. The normalized spacial score (nSPS) is 13.9. The molecule has 1 aliphatic carbocycles. The molecule has 2 N–H and O–H groups in total. The van der Waals surface area contributed by atoms with E-state index in [2.05, 4.69) is 10.6 Å². The zero-order chi connectivity index (χ0) is 13.0. The summed E-state index contributed by atoms with van der Waals surface area (Å²) in [6.45, 7) is 0.236. The van der Waals surface area contributed by atoms with Crippen molar-refractivity contribution in [2.45, 2.75) is 18.9 Å². The first-order valence-corrected chi connectivity index (χ1v) is 5.98. The van der Waals surface area contributed by atoms with Crippen molar-refractivity contribution in [3.8, 4) is 11.5 Å². The Morgan fingerprint density at radius 2 is 2.11 bits per heavy atom. The molecular formula is C13H18N2O3. The minimum Gasteiger partial charge on any atom is -0.497 e. The second-order valence-corrected chi connectivity index (χ2v) is 4.26. The minimum atomic E-state index is 0.00220. The number of hydrogen-bond donors (Lipinski definition) is 2. The van der Waals surface area contributed by atoms with Crippen molar-refractivity contribution in [3.63, 3.8) is 0 Å². The molecule has 0 saturated heterocycles. The number of nitrogens with one attached hydrogen (secondary N) is 2. The molecule has 1 aromatic rings. The van der Waals surface area contributed by atoms with Gasteiger partial charge in [-0.1, -0.05) is 0 Å². The average Bonchev–Trinajstić information content (AvgIpc) is 3.19. The summed E-state index contributed by atoms with van der Waals surface area (Å²) < 4.78 is 10.4. The van der Waals surface area contributed by atoms with Gasteiger partial charge in [-0.05, 0) is 25.0 Å². The molecule has 0 unspecified atom stereocenters. The van der Waals surface area contributed by atoms with Crippen LogP contribution in [0, 0.1) is 0 Å². The van der Waals surface area contributed by atoms with Crippen LogP contribution >= 0.6 is 0 Å². The van der Waals surface area contributed by atoms with E-state index in [1.54, 1.807) is 20.3 Å². The van der Waals surface area contributed by atoms with Gasteiger partial charge < -0.3 is 20.1 Å². The number of carbonyl (C=O) groups excluding carboxylic acids is 1. The van der Waals surface area contributed by atoms with Crippen molar-refractivity contribution in [1.29, 1.82) is 0 Å². The van der Waals surface area contributed by atoms with Gasteiger partial charge in [-0.3, -0.25) is 4.79 Å². The molecule has 5 nitrogen and oxygen atoms in total. The van der Waals surface area contributed by atoms with Gasteiger partial charge in [-0.25, -0.2) is 0 Å². The van der Waals surface area contributed by atoms with E-state index >= 15 is 0 Å². The largest absolute Gasteiger partial charge is 0.497 e. The molecule has 0 bridgehead atoms. The summed E-state index contributed by atoms with van der Waals surface area (Å²) in [6.07, 6.45) is 2.18. The maximum absolute atomic E-state index is 11.6. The first-order chi connectivity index (χ1) is 8.72. The molecular weight excluding hydrogens is 232 g/mol. The topological polar surface area (TPSA) is 59.6 Å². The van der Waals surface area contributed by atoms with Crippen LogP contribution in [0.4, 0.5) is 5.69 Å². The van der Waals surface area contributed by atoms with Gasteiger partial charge in [0.2, 0.25) is 5.91 Å². The monoisotopic (exact) mass is 250 g/mol. The predicted molar refractivity (Wildman–Crippen MR) is 69.2 cm³/mol. The molecule has 1 saturated carbocycles. The Kier molecular flexibility index (Phi) is 3.92. The molecule has 1 fully saturated rings. The molecule has 0 atom stereocenters. The number of methoxy groups -OCH3 is 2. The van der Waals surface area contributed by atoms with Crippen molar-refractivity contribution < 1.29 is 14.3 Å². The molecule has 0 spiro atoms. The second-order valence-electron chi connectivity index (χ2n) is 4.26. The molecule has 18 heavy (non-hydrogen) atoms. The SMILES string of the molecule is COc1ccc(OC)c(NCC(=O)NC2CC2)c1. The summed E-state index contributed by atoms with van der Waals surface area (Å²) in [7, 11) is 3.20. The van der Waals surface area contributed by atoms with E-state index in [9.17, 15) is 4.79 Å². The summed E-state index contributed by atoms with van der Waals surface area (Å²) in [5.41, 5.74) is 0.753. The van der Waals surface area contributed by atoms with E-state index in [1.165, 1.54) is 0 Å². The first-order valence-electron chi connectivity index (χ1n) is 5.98. The molecule has 0 aromatic heterocycles. The smallest absolute Gasteiger partial charge is 0.239 e. The number of benzene rings is 1. The number of carbonyl (C=O) groups is 1. The third kappa shape index (κ3) is 3.29. The fraction of sp³-hybridized carbons (Fsp3) is 0.462. The number of anilines is 1. The molecule has 2 rings (SSSR count). The second kappa shape index (κ2) is 5.62. The number of amides is 1. The highest BCUT2D eigenvalue weighted by Crippen LogP contribution is 2.28. The Hall–Kier alpha value is -1.91. The van der Waals surface area contributed by atoms with Crippen LogP contribution in [-0.4, -0.2) is 32.7 Å². The number of rotatable bonds is 6. The van der Waals surface area contributed by atoms with Crippen LogP contribution in [0.3, 0.4) is 0 Å². The van der Waals surface area contributed by atoms with E-state index in [4.69, 9.17) is 9.47 Å². The Morgan fingerprint density at radius 3 is 2.72 bits per heavy atom. The lowest BCUT2D eigenvalue weighted by atomic mass is 10.2. The molecule has 0 aliphatic heterocycles. The Morgan fingerprint density at radius 1 is 1.33 bits per heavy atom. The lowest BCUT2D eigenvalue weighted by Crippen LogP contribution is -2.31. The van der Waals surface area contributed by atoms with E-state index in [-0.39, 0.29) is 12.5 Å². The molecule has 1 aromatic carbocycles. The quantitative estimate of drug-likeness (QED) is 0.801. The van der Waals surface area contributed by atoms with E-state index in [0.29, 0.717) is 11.8 Å². The highest BCUT2D eigenvalue weighted by molar-refractivity contribution is 5.82. The molecule has 1 aliphatic rings. The van der Waals surface area contributed by atoms with E-state index in [0.717, 1.165) is 24.3 Å². The summed E-state index contributed by atoms with van der Waals surface area (Å²) in [5, 5.41) is 5.97. The maximum atomic E-state index is 11.6. The van der Waals surface area contributed by atoms with Gasteiger partial charge in [-0.2, -0.15) is 0 Å². The number of ether oxygens (including phenoxy) is 2. The van der Waals surface area contributed by atoms with Crippen molar-refractivity contribution >= 4 is 11.6 Å². The Labute approximate surface area is 106 Å². The van der Waals surface area contributed by atoms with Gasteiger partial charge >= 0.3 is 0 Å². The summed E-state index contributed by atoms with van der Waals surface area (Å²) in [5.74, 6) is 1.42. The van der Waals surface area contributed by atoms with Gasteiger partial charge in [-0.15, -0.1) is 0 Å². The first kappa shape index (κ1) is 12.5. The summed E-state index contributed by atoms with van der Waals surface area (Å²) >= 11 is 0. The maximum Gasteiger partial charge on any atom is 0.239 e. The fourth-order valence-electron chi connectivity index (χ4n) is 1.63. The lowest BCUT2D eigenvalue weighted by Gasteiger charge is -2.12. The van der Waals surface area contributed by atoms with E-state index < -0.39 is 0 Å². The van der Waals surface area contributed by atoms with Crippen LogP contribution in [-0.2, 0) is 4.79 Å². The zero-order valence-corrected chi connectivity index (χ0v) is 10.7. The molecule has 1 amide bonds. The van der Waals surface area contributed by atoms with Gasteiger partial charge in [0, 0.05) is 12.1 Å². The van der Waals surface area contributed by atoms with Crippen molar-refractivity contribution in [3.05, 3.63) is 18.2 Å². The van der Waals surface area contributed by atoms with Crippen molar-refractivity contribution in [2.75, 3.05) is 26.1 Å². The summed E-state index contributed by atoms with van der Waals surface area (Å²) in [4.78, 5) is 11.6. The van der Waals surface area contributed by atoms with Crippen LogP contribution in [0.5, 0.6) is 11.5 Å². The predicted octanol–water partition coefficient (Wildman–Crippen LogP) is 1.39. The highest BCUT2D eigenvalue weighted by Gasteiger charge is 2.22. The minimum absolute atomic E-state index is 0.00220. The molecule has 0 radical (unpaired) electrons. The van der Waals surface area contributed by atoms with Crippen LogP contribution in [0.1, 0.15) is 12.8 Å². The summed E-state index contributed by atoms with van der Waals surface area (Å²) in [6, 6.07) is 5.81. The molecule has 98 valence electrons. The van der Waals surface area contributed by atoms with E-state index in [1.807, 2.05) is 12.1 Å². The van der Waals surface area contributed by atoms with Gasteiger partial charge in [0.25, 0.3) is 0 Å². The van der Waals surface area contributed by atoms with Gasteiger partial charge in [0.1, 0.15) is 11.5 Å².